The molecule has 0 aromatic carbocycles. The molecule has 1 rings (SSSR count). The predicted octanol–water partition coefficient (Wildman–Crippen LogP) is -0.851. The lowest BCUT2D eigenvalue weighted by Crippen LogP contribution is -2.47. The van der Waals surface area contributed by atoms with Gasteiger partial charge < -0.3 is 10.5 Å². The van der Waals surface area contributed by atoms with Crippen LogP contribution in [-0.2, 0) is 19.7 Å². The minimum absolute atomic E-state index is 0.0490. The molecule has 1 saturated heterocycles. The fourth-order valence-corrected chi connectivity index (χ4v) is 3.60. The molecule has 0 amide bonds. The molecule has 0 aromatic heterocycles. The SMILES string of the molecule is COC(=O)CCN(C)S(=O)(=O)N1CCCC1CN. The van der Waals surface area contributed by atoms with E-state index < -0.39 is 16.2 Å². The van der Waals surface area contributed by atoms with E-state index in [1.807, 2.05) is 0 Å². The van der Waals surface area contributed by atoms with Crippen LogP contribution in [0.15, 0.2) is 0 Å². The number of ether oxygens (including phenoxy) is 1. The second-order valence-electron chi connectivity index (χ2n) is 4.30. The first kappa shape index (κ1) is 15.4. The Bertz CT molecular complexity index is 385. The maximum absolute atomic E-state index is 12.2. The first-order valence-corrected chi connectivity index (χ1v) is 7.33. The minimum atomic E-state index is -3.52. The van der Waals surface area contributed by atoms with Crippen LogP contribution in [0.25, 0.3) is 0 Å². The molecule has 1 fully saturated rings. The number of esters is 1. The summed E-state index contributed by atoms with van der Waals surface area (Å²) in [6.07, 6.45) is 1.67. The highest BCUT2D eigenvalue weighted by atomic mass is 32.2. The average molecular weight is 279 g/mol. The van der Waals surface area contributed by atoms with Gasteiger partial charge in [0.1, 0.15) is 0 Å². The summed E-state index contributed by atoms with van der Waals surface area (Å²) in [5.74, 6) is -0.422. The molecule has 1 atom stereocenters. The van der Waals surface area contributed by atoms with Crippen molar-refractivity contribution in [2.45, 2.75) is 25.3 Å². The Morgan fingerprint density at radius 3 is 2.78 bits per heavy atom. The zero-order valence-corrected chi connectivity index (χ0v) is 11.6. The van der Waals surface area contributed by atoms with E-state index in [1.165, 1.54) is 22.8 Å². The first-order valence-electron chi connectivity index (χ1n) is 5.93. The smallest absolute Gasteiger partial charge is 0.306 e. The van der Waals surface area contributed by atoms with Gasteiger partial charge in [-0.3, -0.25) is 4.79 Å². The number of hydrogen-bond acceptors (Lipinski definition) is 5. The van der Waals surface area contributed by atoms with Crippen molar-refractivity contribution in [2.75, 3.05) is 33.8 Å². The van der Waals surface area contributed by atoms with Gasteiger partial charge in [0.05, 0.1) is 13.5 Å². The predicted molar refractivity (Wildman–Crippen MR) is 67.0 cm³/mol. The normalized spacial score (nSPS) is 21.4. The van der Waals surface area contributed by atoms with Gasteiger partial charge in [0.2, 0.25) is 0 Å². The van der Waals surface area contributed by atoms with Crippen LogP contribution >= 0.6 is 0 Å². The number of carbonyl (C=O) groups is 1. The highest BCUT2D eigenvalue weighted by Gasteiger charge is 2.35. The number of carbonyl (C=O) groups excluding carboxylic acids is 1. The molecule has 18 heavy (non-hydrogen) atoms. The van der Waals surface area contributed by atoms with Gasteiger partial charge in [0.25, 0.3) is 10.2 Å². The van der Waals surface area contributed by atoms with E-state index in [0.717, 1.165) is 12.8 Å². The fourth-order valence-electron chi connectivity index (χ4n) is 1.99. The molecule has 0 bridgehead atoms. The third kappa shape index (κ3) is 3.41. The molecular formula is C10H21N3O4S. The molecule has 1 aliphatic rings. The monoisotopic (exact) mass is 279 g/mol. The average Bonchev–Trinajstić information content (AvgIpc) is 2.84. The van der Waals surface area contributed by atoms with Crippen LogP contribution < -0.4 is 5.73 Å². The fraction of sp³-hybridized carbons (Fsp3) is 0.900. The molecule has 2 N–H and O–H groups in total. The summed E-state index contributed by atoms with van der Waals surface area (Å²) >= 11 is 0. The molecule has 0 radical (unpaired) electrons. The highest BCUT2D eigenvalue weighted by molar-refractivity contribution is 7.86. The van der Waals surface area contributed by atoms with Crippen LogP contribution in [0.4, 0.5) is 0 Å². The van der Waals surface area contributed by atoms with Gasteiger partial charge >= 0.3 is 5.97 Å². The van der Waals surface area contributed by atoms with Crippen molar-refractivity contribution in [3.05, 3.63) is 0 Å². The summed E-state index contributed by atoms with van der Waals surface area (Å²) in [6, 6.07) is -0.129. The second kappa shape index (κ2) is 6.46. The zero-order valence-electron chi connectivity index (χ0n) is 10.8. The van der Waals surface area contributed by atoms with E-state index in [-0.39, 0.29) is 19.0 Å². The third-order valence-corrected chi connectivity index (χ3v) is 5.19. The van der Waals surface area contributed by atoms with Gasteiger partial charge in [0.15, 0.2) is 0 Å². The summed E-state index contributed by atoms with van der Waals surface area (Å²) in [4.78, 5) is 11.0. The molecule has 1 unspecified atom stereocenters. The summed E-state index contributed by atoms with van der Waals surface area (Å²) in [7, 11) is -0.783. The standard InChI is InChI=1S/C10H21N3O4S/c1-12(7-5-10(14)17-2)18(15,16)13-6-3-4-9(13)8-11/h9H,3-8,11H2,1-2H3. The van der Waals surface area contributed by atoms with Crippen molar-refractivity contribution in [3.63, 3.8) is 0 Å². The van der Waals surface area contributed by atoms with Crippen LogP contribution in [0, 0.1) is 0 Å². The number of hydrogen-bond donors (Lipinski definition) is 1. The summed E-state index contributed by atoms with van der Waals surface area (Å²) in [6.45, 7) is 0.930. The van der Waals surface area contributed by atoms with E-state index in [0.29, 0.717) is 13.1 Å². The molecule has 106 valence electrons. The van der Waals surface area contributed by atoms with E-state index in [2.05, 4.69) is 4.74 Å². The minimum Gasteiger partial charge on any atom is -0.469 e. The van der Waals surface area contributed by atoms with E-state index in [9.17, 15) is 13.2 Å². The van der Waals surface area contributed by atoms with Gasteiger partial charge in [-0.1, -0.05) is 0 Å². The summed E-state index contributed by atoms with van der Waals surface area (Å²) in [5, 5.41) is 0. The molecule has 0 aromatic rings. The van der Waals surface area contributed by atoms with Gasteiger partial charge in [-0.2, -0.15) is 17.0 Å². The van der Waals surface area contributed by atoms with E-state index in [1.54, 1.807) is 0 Å². The Labute approximate surface area is 108 Å². The Morgan fingerprint density at radius 2 is 2.22 bits per heavy atom. The van der Waals surface area contributed by atoms with Crippen LogP contribution in [0.3, 0.4) is 0 Å². The van der Waals surface area contributed by atoms with Crippen LogP contribution in [0.1, 0.15) is 19.3 Å². The quantitative estimate of drug-likeness (QED) is 0.639. The molecule has 0 aliphatic carbocycles. The Balaban J connectivity index is 2.64. The van der Waals surface area contributed by atoms with Crippen LogP contribution in [0.5, 0.6) is 0 Å². The first-order chi connectivity index (χ1) is 8.43. The van der Waals surface area contributed by atoms with Gasteiger partial charge in [-0.05, 0) is 12.8 Å². The largest absolute Gasteiger partial charge is 0.469 e. The van der Waals surface area contributed by atoms with Crippen molar-refractivity contribution < 1.29 is 17.9 Å². The van der Waals surface area contributed by atoms with Crippen molar-refractivity contribution in [3.8, 4) is 0 Å². The lowest BCUT2D eigenvalue weighted by molar-refractivity contribution is -0.140. The van der Waals surface area contributed by atoms with Crippen molar-refractivity contribution >= 4 is 16.2 Å². The summed E-state index contributed by atoms with van der Waals surface area (Å²) in [5.41, 5.74) is 5.57. The molecule has 8 heteroatoms. The van der Waals surface area contributed by atoms with Crippen molar-refractivity contribution in [2.24, 2.45) is 5.73 Å². The molecule has 0 saturated carbocycles. The van der Waals surface area contributed by atoms with Crippen LogP contribution in [-0.4, -0.2) is 62.8 Å². The Morgan fingerprint density at radius 1 is 1.56 bits per heavy atom. The molecular weight excluding hydrogens is 258 g/mol. The Hall–Kier alpha value is -0.700. The third-order valence-electron chi connectivity index (χ3n) is 3.14. The van der Waals surface area contributed by atoms with Gasteiger partial charge in [-0.15, -0.1) is 0 Å². The number of rotatable bonds is 6. The lowest BCUT2D eigenvalue weighted by atomic mass is 10.2. The number of nitrogens with zero attached hydrogens (tertiary/aromatic N) is 2. The van der Waals surface area contributed by atoms with Gasteiger partial charge in [-0.25, -0.2) is 0 Å². The number of methoxy groups -OCH3 is 1. The van der Waals surface area contributed by atoms with Crippen LogP contribution in [0.2, 0.25) is 0 Å². The summed E-state index contributed by atoms with van der Waals surface area (Å²) < 4.78 is 31.6. The maximum atomic E-state index is 12.2. The molecule has 7 nitrogen and oxygen atoms in total. The highest BCUT2D eigenvalue weighted by Crippen LogP contribution is 2.21. The lowest BCUT2D eigenvalue weighted by Gasteiger charge is -2.27. The van der Waals surface area contributed by atoms with E-state index >= 15 is 0 Å². The second-order valence-corrected chi connectivity index (χ2v) is 6.29. The van der Waals surface area contributed by atoms with Gasteiger partial charge in [0, 0.05) is 32.7 Å². The molecule has 1 aliphatic heterocycles. The molecule has 1 heterocycles. The zero-order chi connectivity index (χ0) is 13.8. The topological polar surface area (TPSA) is 92.9 Å². The van der Waals surface area contributed by atoms with E-state index in [4.69, 9.17) is 5.73 Å². The molecule has 0 spiro atoms. The van der Waals surface area contributed by atoms with Crippen molar-refractivity contribution in [1.29, 1.82) is 0 Å². The number of nitrogens with two attached hydrogens (primary N) is 1. The van der Waals surface area contributed by atoms with Crippen molar-refractivity contribution in [1.82, 2.24) is 8.61 Å². The Kier molecular flexibility index (Phi) is 5.51. The maximum Gasteiger partial charge on any atom is 0.306 e.